The highest BCUT2D eigenvalue weighted by Crippen LogP contribution is 2.47. The zero-order valence-electron chi connectivity index (χ0n) is 23.0. The van der Waals surface area contributed by atoms with Gasteiger partial charge in [0, 0.05) is 18.8 Å². The number of pyridine rings is 2. The molecule has 0 spiro atoms. The van der Waals surface area contributed by atoms with E-state index in [2.05, 4.69) is 16.9 Å². The lowest BCUT2D eigenvalue weighted by molar-refractivity contribution is -0.135. The largest absolute Gasteiger partial charge is 0.480 e. The SMILES string of the molecule is CC(C)(C)OC(=O)N(CC(=O)O)c1cccc(C(N)(Cc2ccc(C3(C)CC3)cc2)S(=O)(=O)c2cccnc2)n1. The molecule has 3 aromatic rings. The van der Waals surface area contributed by atoms with Crippen molar-refractivity contribution in [2.75, 3.05) is 11.4 Å². The van der Waals surface area contributed by atoms with Crippen LogP contribution in [0.25, 0.3) is 0 Å². The maximum absolute atomic E-state index is 14.1. The number of hydrogen-bond acceptors (Lipinski definition) is 8. The molecule has 0 aliphatic heterocycles. The smallest absolute Gasteiger partial charge is 0.416 e. The summed E-state index contributed by atoms with van der Waals surface area (Å²) in [7, 11) is -4.29. The van der Waals surface area contributed by atoms with Crippen molar-refractivity contribution < 1.29 is 27.9 Å². The van der Waals surface area contributed by atoms with Crippen molar-refractivity contribution in [3.05, 3.63) is 83.8 Å². The van der Waals surface area contributed by atoms with E-state index in [0.717, 1.165) is 17.7 Å². The number of nitrogens with two attached hydrogens (primary N) is 1. The molecule has 2 aromatic heterocycles. The summed E-state index contributed by atoms with van der Waals surface area (Å²) in [6.07, 6.45) is 3.80. The molecule has 1 aromatic carbocycles. The first-order valence-corrected chi connectivity index (χ1v) is 14.4. The van der Waals surface area contributed by atoms with Gasteiger partial charge in [-0.05, 0) is 74.4 Å². The molecule has 0 radical (unpaired) electrons. The van der Waals surface area contributed by atoms with E-state index in [0.29, 0.717) is 5.56 Å². The summed E-state index contributed by atoms with van der Waals surface area (Å²) < 4.78 is 33.5. The number of aliphatic carboxylic acids is 1. The third-order valence-corrected chi connectivity index (χ3v) is 9.07. The van der Waals surface area contributed by atoms with Crippen LogP contribution < -0.4 is 10.6 Å². The predicted octanol–water partition coefficient (Wildman–Crippen LogP) is 4.18. The second kappa shape index (κ2) is 10.6. The van der Waals surface area contributed by atoms with E-state index in [1.165, 1.54) is 48.3 Å². The van der Waals surface area contributed by atoms with Crippen molar-refractivity contribution >= 4 is 27.7 Å². The van der Waals surface area contributed by atoms with Crippen LogP contribution in [0.2, 0.25) is 0 Å². The number of amides is 1. The topological polar surface area (TPSA) is 153 Å². The Morgan fingerprint density at radius 2 is 1.75 bits per heavy atom. The molecule has 1 aliphatic rings. The molecule has 1 amide bonds. The molecule has 1 saturated carbocycles. The molecule has 212 valence electrons. The summed E-state index contributed by atoms with van der Waals surface area (Å²) in [5.41, 5.74) is 7.84. The molecule has 1 unspecified atom stereocenters. The van der Waals surface area contributed by atoms with Crippen molar-refractivity contribution in [3.8, 4) is 0 Å². The fourth-order valence-corrected chi connectivity index (χ4v) is 5.97. The molecule has 11 heteroatoms. The van der Waals surface area contributed by atoms with Crippen molar-refractivity contribution in [1.82, 2.24) is 9.97 Å². The first-order chi connectivity index (χ1) is 18.6. The van der Waals surface area contributed by atoms with Crippen LogP contribution in [0.15, 0.2) is 71.9 Å². The number of carbonyl (C=O) groups excluding carboxylic acids is 1. The van der Waals surface area contributed by atoms with Crippen LogP contribution >= 0.6 is 0 Å². The van der Waals surface area contributed by atoms with E-state index in [4.69, 9.17) is 10.5 Å². The zero-order valence-corrected chi connectivity index (χ0v) is 23.8. The van der Waals surface area contributed by atoms with Gasteiger partial charge in [-0.25, -0.2) is 18.2 Å². The Labute approximate surface area is 234 Å². The zero-order chi connectivity index (χ0) is 29.3. The number of benzene rings is 1. The molecule has 4 rings (SSSR count). The number of nitrogens with zero attached hydrogens (tertiary/aromatic N) is 3. The van der Waals surface area contributed by atoms with E-state index in [-0.39, 0.29) is 28.2 Å². The van der Waals surface area contributed by atoms with Gasteiger partial charge in [-0.2, -0.15) is 0 Å². The molecule has 1 aliphatic carbocycles. The second-order valence-electron chi connectivity index (χ2n) is 11.4. The van der Waals surface area contributed by atoms with Crippen LogP contribution in [0.1, 0.15) is 57.4 Å². The highest BCUT2D eigenvalue weighted by Gasteiger charge is 2.45. The number of sulfone groups is 1. The Morgan fingerprint density at radius 1 is 1.07 bits per heavy atom. The standard InChI is InChI=1S/C29H34N4O6S/c1-27(2,3)39-26(36)33(19-25(34)35)24-9-5-8-23(32-24)29(30,40(37,38)22-7-6-16-31-18-22)17-20-10-12-21(13-11-20)28(4)14-15-28/h5-13,16,18H,14-15,17,19,30H2,1-4H3,(H,34,35). The summed E-state index contributed by atoms with van der Waals surface area (Å²) in [6, 6.07) is 14.9. The first kappa shape index (κ1) is 29.2. The van der Waals surface area contributed by atoms with Crippen LogP contribution in [-0.4, -0.2) is 47.7 Å². The van der Waals surface area contributed by atoms with Gasteiger partial charge in [0.25, 0.3) is 0 Å². The third-order valence-electron chi connectivity index (χ3n) is 6.89. The minimum Gasteiger partial charge on any atom is -0.480 e. The van der Waals surface area contributed by atoms with Crippen LogP contribution in [0, 0.1) is 0 Å². The maximum atomic E-state index is 14.1. The van der Waals surface area contributed by atoms with Gasteiger partial charge < -0.3 is 15.6 Å². The number of carboxylic acids is 1. The van der Waals surface area contributed by atoms with E-state index in [1.807, 2.05) is 24.3 Å². The minimum atomic E-state index is -4.29. The van der Waals surface area contributed by atoms with Crippen LogP contribution in [0.4, 0.5) is 10.6 Å². The number of anilines is 1. The van der Waals surface area contributed by atoms with Crippen molar-refractivity contribution in [2.24, 2.45) is 5.73 Å². The third kappa shape index (κ3) is 6.15. The number of aromatic nitrogens is 2. The van der Waals surface area contributed by atoms with Gasteiger partial charge in [-0.15, -0.1) is 0 Å². The summed E-state index contributed by atoms with van der Waals surface area (Å²) in [5, 5.41) is 9.47. The Morgan fingerprint density at radius 3 is 2.30 bits per heavy atom. The Balaban J connectivity index is 1.81. The number of rotatable bonds is 9. The van der Waals surface area contributed by atoms with Crippen molar-refractivity contribution in [3.63, 3.8) is 0 Å². The number of ether oxygens (including phenoxy) is 1. The van der Waals surface area contributed by atoms with Crippen LogP contribution in [-0.2, 0) is 36.1 Å². The Kier molecular flexibility index (Phi) is 7.75. The highest BCUT2D eigenvalue weighted by atomic mass is 32.2. The first-order valence-electron chi connectivity index (χ1n) is 12.9. The molecule has 1 fully saturated rings. The van der Waals surface area contributed by atoms with E-state index in [9.17, 15) is 23.1 Å². The summed E-state index contributed by atoms with van der Waals surface area (Å²) >= 11 is 0. The van der Waals surface area contributed by atoms with Gasteiger partial charge in [0.2, 0.25) is 9.84 Å². The van der Waals surface area contributed by atoms with Gasteiger partial charge >= 0.3 is 12.1 Å². The molecule has 40 heavy (non-hydrogen) atoms. The monoisotopic (exact) mass is 566 g/mol. The lowest BCUT2D eigenvalue weighted by Crippen LogP contribution is -2.48. The van der Waals surface area contributed by atoms with Crippen LogP contribution in [0.3, 0.4) is 0 Å². The van der Waals surface area contributed by atoms with Crippen molar-refractivity contribution in [1.29, 1.82) is 0 Å². The fourth-order valence-electron chi connectivity index (χ4n) is 4.34. The van der Waals surface area contributed by atoms with Crippen molar-refractivity contribution in [2.45, 2.75) is 67.7 Å². The van der Waals surface area contributed by atoms with Gasteiger partial charge in [0.05, 0.1) is 10.6 Å². The van der Waals surface area contributed by atoms with Gasteiger partial charge in [0.1, 0.15) is 18.0 Å². The summed E-state index contributed by atoms with van der Waals surface area (Å²) in [5.74, 6) is -1.41. The Hall–Kier alpha value is -3.83. The normalized spacial score (nSPS) is 16.0. The molecule has 0 saturated heterocycles. The lowest BCUT2D eigenvalue weighted by atomic mass is 9.95. The molecule has 2 heterocycles. The molecule has 3 N–H and O–H groups in total. The highest BCUT2D eigenvalue weighted by molar-refractivity contribution is 7.92. The average molecular weight is 567 g/mol. The quantitative estimate of drug-likeness (QED) is 0.388. The van der Waals surface area contributed by atoms with E-state index >= 15 is 0 Å². The molecule has 1 atom stereocenters. The molecular weight excluding hydrogens is 532 g/mol. The molecular formula is C29H34N4O6S. The molecule has 10 nitrogen and oxygen atoms in total. The van der Waals surface area contributed by atoms with E-state index < -0.39 is 38.9 Å². The van der Waals surface area contributed by atoms with E-state index in [1.54, 1.807) is 20.8 Å². The second-order valence-corrected chi connectivity index (χ2v) is 13.6. The number of carboxylic acid groups (broad SMARTS) is 1. The minimum absolute atomic E-state index is 0.0639. The summed E-state index contributed by atoms with van der Waals surface area (Å²) in [4.78, 5) is 31.6. The number of carbonyl (C=O) groups is 2. The average Bonchev–Trinajstić information content (AvgIpc) is 3.65. The van der Waals surface area contributed by atoms with Gasteiger partial charge in [-0.3, -0.25) is 14.7 Å². The molecule has 0 bridgehead atoms. The van der Waals surface area contributed by atoms with Gasteiger partial charge in [-0.1, -0.05) is 37.3 Å². The Bertz CT molecular complexity index is 1500. The fraction of sp³-hybridized carbons (Fsp3) is 0.379. The summed E-state index contributed by atoms with van der Waals surface area (Å²) in [6.45, 7) is 6.37. The maximum Gasteiger partial charge on any atom is 0.416 e. The predicted molar refractivity (Wildman–Crippen MR) is 149 cm³/mol. The van der Waals surface area contributed by atoms with Gasteiger partial charge in [0.15, 0.2) is 4.87 Å². The van der Waals surface area contributed by atoms with Crippen LogP contribution in [0.5, 0.6) is 0 Å². The lowest BCUT2D eigenvalue weighted by Gasteiger charge is -2.31. The number of hydrogen-bond donors (Lipinski definition) is 2.